The average molecular weight is 623 g/mol. The van der Waals surface area contributed by atoms with Gasteiger partial charge in [0.15, 0.2) is 16.6 Å². The van der Waals surface area contributed by atoms with Gasteiger partial charge in [0, 0.05) is 5.92 Å². The summed E-state index contributed by atoms with van der Waals surface area (Å²) in [6.07, 6.45) is 16.1. The summed E-state index contributed by atoms with van der Waals surface area (Å²) >= 11 is 0. The lowest BCUT2D eigenvalue weighted by Crippen LogP contribution is -2.45. The van der Waals surface area contributed by atoms with Crippen molar-refractivity contribution < 1.29 is 18.8 Å². The molecule has 0 aliphatic heterocycles. The Morgan fingerprint density at radius 2 is 1.55 bits per heavy atom. The quantitative estimate of drug-likeness (QED) is 0.0938. The number of hydrogen-bond acceptors (Lipinski definition) is 3. The molecule has 42 heavy (non-hydrogen) atoms. The summed E-state index contributed by atoms with van der Waals surface area (Å²) in [5.74, 6) is -0.0163. The van der Waals surface area contributed by atoms with Gasteiger partial charge in [-0.3, -0.25) is 4.79 Å². The molecule has 246 valence electrons. The minimum Gasteiger partial charge on any atom is -0.481 e. The molecule has 1 rings (SSSR count). The number of carbonyl (C=O) groups is 1. The molecule has 0 radical (unpaired) electrons. The van der Waals surface area contributed by atoms with Crippen molar-refractivity contribution in [3.8, 4) is 0 Å². The minimum absolute atomic E-state index is 0.130. The average Bonchev–Trinajstić information content (AvgIpc) is 3.12. The van der Waals surface area contributed by atoms with Gasteiger partial charge in [0.25, 0.3) is 0 Å². The first-order valence-corrected chi connectivity index (χ1v) is 22.9. The molecule has 0 amide bonds. The SMILES string of the molecule is CCCC[C@@H](C)C[C@@H](/C=C/[C@@H]1C(CCCCCC(C)C(=O)O)=C(C)C[C@H]1O[Si](C)(C)C(C)(C)C)O[Si](C)(C)C(C)(C)C. The van der Waals surface area contributed by atoms with Gasteiger partial charge in [-0.1, -0.05) is 118 Å². The Morgan fingerprint density at radius 3 is 2.07 bits per heavy atom. The first-order chi connectivity index (χ1) is 19.1. The minimum atomic E-state index is -1.94. The fourth-order valence-electron chi connectivity index (χ4n) is 5.46. The van der Waals surface area contributed by atoms with Crippen molar-refractivity contribution in [2.45, 2.75) is 182 Å². The molecule has 0 bridgehead atoms. The van der Waals surface area contributed by atoms with Gasteiger partial charge in [-0.25, -0.2) is 0 Å². The Balaban J connectivity index is 3.27. The molecule has 1 aliphatic rings. The van der Waals surface area contributed by atoms with Crippen LogP contribution in [-0.2, 0) is 13.6 Å². The second-order valence-electron chi connectivity index (χ2n) is 16.6. The van der Waals surface area contributed by atoms with Crippen LogP contribution in [0.2, 0.25) is 36.3 Å². The summed E-state index contributed by atoms with van der Waals surface area (Å²) in [6, 6.07) is 0. The summed E-state index contributed by atoms with van der Waals surface area (Å²) in [7, 11) is -3.87. The first-order valence-electron chi connectivity index (χ1n) is 17.1. The summed E-state index contributed by atoms with van der Waals surface area (Å²) < 4.78 is 14.2. The topological polar surface area (TPSA) is 55.8 Å². The van der Waals surface area contributed by atoms with Gasteiger partial charge < -0.3 is 14.0 Å². The normalized spacial score (nSPS) is 21.3. The van der Waals surface area contributed by atoms with Crippen LogP contribution < -0.4 is 0 Å². The van der Waals surface area contributed by atoms with Crippen LogP contribution in [0, 0.1) is 17.8 Å². The van der Waals surface area contributed by atoms with E-state index in [0.717, 1.165) is 44.9 Å². The maximum Gasteiger partial charge on any atom is 0.306 e. The zero-order chi connectivity index (χ0) is 32.5. The van der Waals surface area contributed by atoms with Crippen molar-refractivity contribution in [2.75, 3.05) is 0 Å². The number of hydrogen-bond donors (Lipinski definition) is 1. The molecular formula is C36H70O4Si2. The molecular weight excluding hydrogens is 553 g/mol. The van der Waals surface area contributed by atoms with Crippen molar-refractivity contribution >= 4 is 22.6 Å². The lowest BCUT2D eigenvalue weighted by molar-refractivity contribution is -0.141. The van der Waals surface area contributed by atoms with E-state index in [0.29, 0.717) is 5.92 Å². The highest BCUT2D eigenvalue weighted by atomic mass is 28.4. The van der Waals surface area contributed by atoms with E-state index in [1.54, 1.807) is 5.57 Å². The molecule has 0 fully saturated rings. The molecule has 0 heterocycles. The van der Waals surface area contributed by atoms with Crippen LogP contribution in [0.25, 0.3) is 0 Å². The molecule has 0 spiro atoms. The van der Waals surface area contributed by atoms with Gasteiger partial charge in [0.05, 0.1) is 18.1 Å². The number of aliphatic carboxylic acids is 1. The van der Waals surface area contributed by atoms with Gasteiger partial charge in [0.1, 0.15) is 0 Å². The fraction of sp³-hybridized carbons (Fsp3) is 0.861. The standard InChI is InChI=1S/C36H70O4Si2/c1-15-16-20-27(2)25-30(39-41(11,12)35(5,6)7)23-24-32-31(22-19-17-18-21-28(3)34(37)38)29(4)26-33(32)40-42(13,14)36(8,9)10/h23-24,27-28,30,32-33H,15-22,25-26H2,1-14H3,(H,37,38)/b24-23+/t27-,28?,30-,32-,33-/m1/s1. The molecule has 0 aromatic rings. The van der Waals surface area contributed by atoms with Crippen LogP contribution in [0.1, 0.15) is 133 Å². The highest BCUT2D eigenvalue weighted by Crippen LogP contribution is 2.45. The lowest BCUT2D eigenvalue weighted by atomic mass is 9.91. The summed E-state index contributed by atoms with van der Waals surface area (Å²) in [4.78, 5) is 11.2. The fourth-order valence-corrected chi connectivity index (χ4v) is 8.08. The van der Waals surface area contributed by atoms with E-state index in [1.165, 1.54) is 24.8 Å². The van der Waals surface area contributed by atoms with Crippen LogP contribution in [0.5, 0.6) is 0 Å². The third-order valence-electron chi connectivity index (χ3n) is 10.6. The van der Waals surface area contributed by atoms with Gasteiger partial charge in [-0.2, -0.15) is 0 Å². The Bertz CT molecular complexity index is 891. The number of carboxylic acid groups (broad SMARTS) is 1. The zero-order valence-electron chi connectivity index (χ0n) is 30.3. The van der Waals surface area contributed by atoms with Crippen LogP contribution in [0.15, 0.2) is 23.3 Å². The Hall–Kier alpha value is -0.696. The van der Waals surface area contributed by atoms with E-state index in [1.807, 2.05) is 6.92 Å². The van der Waals surface area contributed by atoms with E-state index in [-0.39, 0.29) is 34.1 Å². The van der Waals surface area contributed by atoms with Crippen molar-refractivity contribution in [1.82, 2.24) is 0 Å². The highest BCUT2D eigenvalue weighted by Gasteiger charge is 2.43. The van der Waals surface area contributed by atoms with E-state index >= 15 is 0 Å². The van der Waals surface area contributed by atoms with E-state index < -0.39 is 22.6 Å². The Morgan fingerprint density at radius 1 is 0.952 bits per heavy atom. The Kier molecular flexibility index (Phi) is 15.5. The van der Waals surface area contributed by atoms with Crippen LogP contribution in [0.4, 0.5) is 0 Å². The monoisotopic (exact) mass is 622 g/mol. The maximum atomic E-state index is 11.2. The van der Waals surface area contributed by atoms with E-state index in [9.17, 15) is 9.90 Å². The van der Waals surface area contributed by atoms with Crippen LogP contribution in [0.3, 0.4) is 0 Å². The third-order valence-corrected chi connectivity index (χ3v) is 19.6. The van der Waals surface area contributed by atoms with E-state index in [4.69, 9.17) is 8.85 Å². The van der Waals surface area contributed by atoms with Crippen LogP contribution in [-0.4, -0.2) is 39.9 Å². The Labute approximate surface area is 263 Å². The number of carboxylic acids is 1. The summed E-state index contributed by atoms with van der Waals surface area (Å²) in [5.41, 5.74) is 3.04. The molecule has 0 saturated carbocycles. The number of unbranched alkanes of at least 4 members (excludes halogenated alkanes) is 3. The highest BCUT2D eigenvalue weighted by molar-refractivity contribution is 6.74. The van der Waals surface area contributed by atoms with Gasteiger partial charge >= 0.3 is 5.97 Å². The van der Waals surface area contributed by atoms with Crippen molar-refractivity contribution in [3.63, 3.8) is 0 Å². The predicted molar refractivity (Wildman–Crippen MR) is 187 cm³/mol. The number of rotatable bonds is 18. The molecule has 4 nitrogen and oxygen atoms in total. The van der Waals surface area contributed by atoms with Crippen LogP contribution >= 0.6 is 0 Å². The molecule has 6 heteroatoms. The molecule has 0 aromatic carbocycles. The molecule has 1 N–H and O–H groups in total. The first kappa shape index (κ1) is 39.3. The molecule has 0 saturated heterocycles. The maximum absolute atomic E-state index is 11.2. The molecule has 1 aliphatic carbocycles. The largest absolute Gasteiger partial charge is 0.481 e. The summed E-state index contributed by atoms with van der Waals surface area (Å²) in [6.45, 7) is 32.3. The second-order valence-corrected chi connectivity index (χ2v) is 26.1. The second kappa shape index (κ2) is 16.6. The zero-order valence-corrected chi connectivity index (χ0v) is 32.3. The van der Waals surface area contributed by atoms with Crippen molar-refractivity contribution in [1.29, 1.82) is 0 Å². The third kappa shape index (κ3) is 12.4. The van der Waals surface area contributed by atoms with Gasteiger partial charge in [-0.15, -0.1) is 0 Å². The predicted octanol–water partition coefficient (Wildman–Crippen LogP) is 11.5. The van der Waals surface area contributed by atoms with Gasteiger partial charge in [0.2, 0.25) is 0 Å². The molecule has 1 unspecified atom stereocenters. The van der Waals surface area contributed by atoms with Gasteiger partial charge in [-0.05, 0) is 81.2 Å². The molecule has 0 aromatic heterocycles. The molecule has 5 atom stereocenters. The summed E-state index contributed by atoms with van der Waals surface area (Å²) in [5, 5.41) is 9.58. The van der Waals surface area contributed by atoms with Crippen molar-refractivity contribution in [2.24, 2.45) is 17.8 Å². The smallest absolute Gasteiger partial charge is 0.306 e. The van der Waals surface area contributed by atoms with Crippen molar-refractivity contribution in [3.05, 3.63) is 23.3 Å². The van der Waals surface area contributed by atoms with E-state index in [2.05, 4.69) is 101 Å². The lowest BCUT2D eigenvalue weighted by Gasteiger charge is -2.40.